The van der Waals surface area contributed by atoms with Crippen LogP contribution in [0.3, 0.4) is 0 Å². The van der Waals surface area contributed by atoms with Crippen molar-refractivity contribution in [1.82, 2.24) is 9.97 Å². The number of aromatic nitrogens is 2. The molecule has 1 aliphatic rings. The Labute approximate surface area is 180 Å². The second-order valence-electron chi connectivity index (χ2n) is 6.75. The molecular formula is C18H25Cl2F3N6. The molecule has 2 aromatic rings. The lowest BCUT2D eigenvalue weighted by Gasteiger charge is -2.19. The Bertz CT molecular complexity index is 819. The predicted octanol–water partition coefficient (Wildman–Crippen LogP) is 4.15. The van der Waals surface area contributed by atoms with Crippen LogP contribution in [0, 0.1) is 0 Å². The van der Waals surface area contributed by atoms with Crippen LogP contribution in [-0.4, -0.2) is 29.1 Å². The van der Waals surface area contributed by atoms with Gasteiger partial charge in [0, 0.05) is 42.3 Å². The summed E-state index contributed by atoms with van der Waals surface area (Å²) in [5.41, 5.74) is 11.8. The normalized spacial score (nSPS) is 16.2. The summed E-state index contributed by atoms with van der Waals surface area (Å²) in [6, 6.07) is 5.33. The molecule has 6 nitrogen and oxygen atoms in total. The number of hydrogen-bond acceptors (Lipinski definition) is 6. The zero-order chi connectivity index (χ0) is 19.6. The van der Waals surface area contributed by atoms with Gasteiger partial charge >= 0.3 is 6.18 Å². The van der Waals surface area contributed by atoms with E-state index in [4.69, 9.17) is 11.5 Å². The van der Waals surface area contributed by atoms with E-state index in [0.29, 0.717) is 6.54 Å². The minimum Gasteiger partial charge on any atom is -0.399 e. The third kappa shape index (κ3) is 6.52. The Morgan fingerprint density at radius 3 is 2.48 bits per heavy atom. The van der Waals surface area contributed by atoms with Gasteiger partial charge in [-0.1, -0.05) is 13.3 Å². The minimum absolute atomic E-state index is 0. The van der Waals surface area contributed by atoms with E-state index in [0.717, 1.165) is 49.5 Å². The van der Waals surface area contributed by atoms with E-state index in [1.165, 1.54) is 6.07 Å². The summed E-state index contributed by atoms with van der Waals surface area (Å²) < 4.78 is 39.1. The van der Waals surface area contributed by atoms with Gasteiger partial charge in [0.05, 0.1) is 5.56 Å². The average Bonchev–Trinajstić information content (AvgIpc) is 3.00. The molecule has 0 bridgehead atoms. The number of aryl methyl sites for hydroxylation is 1. The lowest BCUT2D eigenvalue weighted by Crippen LogP contribution is -2.27. The zero-order valence-corrected chi connectivity index (χ0v) is 17.5. The zero-order valence-electron chi connectivity index (χ0n) is 15.9. The molecule has 1 atom stereocenters. The summed E-state index contributed by atoms with van der Waals surface area (Å²) in [4.78, 5) is 11.0. The van der Waals surface area contributed by atoms with E-state index in [2.05, 4.69) is 20.2 Å². The molecule has 1 saturated heterocycles. The minimum atomic E-state index is -4.48. The maximum Gasteiger partial charge on any atom is 0.416 e. The molecule has 2 heterocycles. The third-order valence-corrected chi connectivity index (χ3v) is 4.36. The first-order valence-electron chi connectivity index (χ1n) is 8.88. The monoisotopic (exact) mass is 452 g/mol. The number of rotatable bonds is 5. The van der Waals surface area contributed by atoms with Crippen molar-refractivity contribution in [2.45, 2.75) is 38.4 Å². The van der Waals surface area contributed by atoms with Crippen LogP contribution in [-0.2, 0) is 12.6 Å². The Morgan fingerprint density at radius 2 is 1.90 bits per heavy atom. The van der Waals surface area contributed by atoms with Crippen LogP contribution in [0.4, 0.5) is 36.3 Å². The largest absolute Gasteiger partial charge is 0.416 e. The average molecular weight is 453 g/mol. The Kier molecular flexibility index (Phi) is 8.80. The highest BCUT2D eigenvalue weighted by atomic mass is 35.5. The van der Waals surface area contributed by atoms with E-state index in [-0.39, 0.29) is 48.2 Å². The second kappa shape index (κ2) is 10.2. The number of benzene rings is 1. The van der Waals surface area contributed by atoms with Gasteiger partial charge in [-0.25, -0.2) is 4.98 Å². The molecule has 1 fully saturated rings. The molecule has 162 valence electrons. The molecule has 0 amide bonds. The SMILES string of the molecule is CCCc1cc(N2CC[C@H](N)C2)nc(Nc2cc(N)cc(C(F)(F)F)c2)n1.Cl.Cl. The summed E-state index contributed by atoms with van der Waals surface area (Å²) >= 11 is 0. The van der Waals surface area contributed by atoms with Crippen LogP contribution < -0.4 is 21.7 Å². The molecule has 0 radical (unpaired) electrons. The lowest BCUT2D eigenvalue weighted by atomic mass is 10.1. The smallest absolute Gasteiger partial charge is 0.399 e. The van der Waals surface area contributed by atoms with Gasteiger partial charge in [-0.3, -0.25) is 0 Å². The first-order chi connectivity index (χ1) is 12.7. The van der Waals surface area contributed by atoms with E-state index in [1.54, 1.807) is 0 Å². The van der Waals surface area contributed by atoms with Crippen LogP contribution in [0.1, 0.15) is 31.0 Å². The van der Waals surface area contributed by atoms with Crippen molar-refractivity contribution in [3.8, 4) is 0 Å². The Morgan fingerprint density at radius 1 is 1.17 bits per heavy atom. The highest BCUT2D eigenvalue weighted by molar-refractivity contribution is 5.85. The van der Waals surface area contributed by atoms with E-state index < -0.39 is 11.7 Å². The highest BCUT2D eigenvalue weighted by Gasteiger charge is 2.31. The third-order valence-electron chi connectivity index (χ3n) is 4.36. The van der Waals surface area contributed by atoms with Crippen molar-refractivity contribution in [3.05, 3.63) is 35.5 Å². The Hall–Kier alpha value is -1.97. The summed E-state index contributed by atoms with van der Waals surface area (Å²) in [6.45, 7) is 3.52. The van der Waals surface area contributed by atoms with Crippen molar-refractivity contribution in [1.29, 1.82) is 0 Å². The summed E-state index contributed by atoms with van der Waals surface area (Å²) in [7, 11) is 0. The predicted molar refractivity (Wildman–Crippen MR) is 114 cm³/mol. The van der Waals surface area contributed by atoms with Crippen LogP contribution in [0.2, 0.25) is 0 Å². The van der Waals surface area contributed by atoms with Gasteiger partial charge in [-0.2, -0.15) is 18.2 Å². The molecule has 1 aliphatic heterocycles. The number of halogens is 5. The summed E-state index contributed by atoms with van der Waals surface area (Å²) in [5, 5.41) is 2.87. The Balaban J connectivity index is 0.00000210. The standard InChI is InChI=1S/C18H23F3N6.2ClH/c1-2-3-14-9-16(27-5-4-12(22)10-27)26-17(24-14)25-15-7-11(18(19,20)21)6-13(23)8-15;;/h6-9,12H,2-5,10,22-23H2,1H3,(H,24,25,26);2*1H/t12-;;/m0../s1. The number of hydrogen-bond donors (Lipinski definition) is 3. The molecule has 29 heavy (non-hydrogen) atoms. The first kappa shape index (κ1) is 25.1. The first-order valence-corrected chi connectivity index (χ1v) is 8.88. The number of nitrogens with zero attached hydrogens (tertiary/aromatic N) is 3. The fourth-order valence-electron chi connectivity index (χ4n) is 3.10. The molecule has 0 saturated carbocycles. The van der Waals surface area contributed by atoms with Crippen molar-refractivity contribution < 1.29 is 13.2 Å². The van der Waals surface area contributed by atoms with Gasteiger partial charge in [0.25, 0.3) is 0 Å². The van der Waals surface area contributed by atoms with Crippen molar-refractivity contribution in [3.63, 3.8) is 0 Å². The van der Waals surface area contributed by atoms with Crippen LogP contribution >= 0.6 is 24.8 Å². The van der Waals surface area contributed by atoms with Gasteiger partial charge in [0.2, 0.25) is 5.95 Å². The molecule has 5 N–H and O–H groups in total. The van der Waals surface area contributed by atoms with Crippen molar-refractivity contribution >= 4 is 48.0 Å². The molecule has 0 unspecified atom stereocenters. The maximum atomic E-state index is 13.0. The van der Waals surface area contributed by atoms with Crippen LogP contribution in [0.5, 0.6) is 0 Å². The fraction of sp³-hybridized carbons (Fsp3) is 0.444. The summed E-state index contributed by atoms with van der Waals surface area (Å²) in [6.07, 6.45) is -1.96. The number of nitrogens with two attached hydrogens (primary N) is 2. The van der Waals surface area contributed by atoms with Crippen LogP contribution in [0.25, 0.3) is 0 Å². The maximum absolute atomic E-state index is 13.0. The van der Waals surface area contributed by atoms with Crippen molar-refractivity contribution in [2.24, 2.45) is 5.73 Å². The fourth-order valence-corrected chi connectivity index (χ4v) is 3.10. The number of nitrogen functional groups attached to an aromatic ring is 1. The topological polar surface area (TPSA) is 93.1 Å². The van der Waals surface area contributed by atoms with E-state index >= 15 is 0 Å². The molecule has 1 aromatic heterocycles. The molecule has 0 spiro atoms. The van der Waals surface area contributed by atoms with Gasteiger partial charge < -0.3 is 21.7 Å². The number of alkyl halides is 3. The summed E-state index contributed by atoms with van der Waals surface area (Å²) in [5.74, 6) is 0.971. The van der Waals surface area contributed by atoms with Crippen molar-refractivity contribution in [2.75, 3.05) is 29.0 Å². The molecule has 1 aromatic carbocycles. The lowest BCUT2D eigenvalue weighted by molar-refractivity contribution is -0.137. The van der Waals surface area contributed by atoms with Crippen LogP contribution in [0.15, 0.2) is 24.3 Å². The second-order valence-corrected chi connectivity index (χ2v) is 6.75. The quantitative estimate of drug-likeness (QED) is 0.589. The number of nitrogens with one attached hydrogen (secondary N) is 1. The van der Waals surface area contributed by atoms with Gasteiger partial charge in [0.1, 0.15) is 5.82 Å². The molecule has 3 rings (SSSR count). The highest BCUT2D eigenvalue weighted by Crippen LogP contribution is 2.33. The molecular weight excluding hydrogens is 428 g/mol. The van der Waals surface area contributed by atoms with Gasteiger partial charge in [-0.05, 0) is 31.0 Å². The van der Waals surface area contributed by atoms with E-state index in [9.17, 15) is 13.2 Å². The molecule has 11 heteroatoms. The van der Waals surface area contributed by atoms with Gasteiger partial charge in [0.15, 0.2) is 0 Å². The van der Waals surface area contributed by atoms with E-state index in [1.807, 2.05) is 13.0 Å². The molecule has 0 aliphatic carbocycles. The van der Waals surface area contributed by atoms with Gasteiger partial charge in [-0.15, -0.1) is 24.8 Å². The number of anilines is 4.